The third-order valence-electron chi connectivity index (χ3n) is 2.59. The van der Waals surface area contributed by atoms with E-state index in [-0.39, 0.29) is 11.7 Å². The molecule has 0 aliphatic rings. The molecule has 0 saturated carbocycles. The number of carbonyl (C=O) groups is 1. The Hall–Kier alpha value is -2.17. The Morgan fingerprint density at radius 1 is 1.44 bits per heavy atom. The van der Waals surface area contributed by atoms with E-state index in [9.17, 15) is 4.79 Å². The molecular formula is C13H18N4O. The SMILES string of the molecule is CC(N)=NC(=O)C(C)(C)c1ccc(/C=C\N)nc1. The molecule has 0 spiro atoms. The predicted octanol–water partition coefficient (Wildman–Crippen LogP) is 1.19. The van der Waals surface area contributed by atoms with Crippen LogP contribution in [-0.4, -0.2) is 16.7 Å². The summed E-state index contributed by atoms with van der Waals surface area (Å²) in [7, 11) is 0. The van der Waals surface area contributed by atoms with Gasteiger partial charge >= 0.3 is 0 Å². The van der Waals surface area contributed by atoms with Crippen LogP contribution in [0.3, 0.4) is 0 Å². The molecule has 0 aromatic carbocycles. The molecule has 96 valence electrons. The third-order valence-corrected chi connectivity index (χ3v) is 2.59. The monoisotopic (exact) mass is 246 g/mol. The summed E-state index contributed by atoms with van der Waals surface area (Å²) in [5.74, 6) is -0.0323. The zero-order chi connectivity index (χ0) is 13.8. The largest absolute Gasteiger partial charge is 0.405 e. The lowest BCUT2D eigenvalue weighted by atomic mass is 9.85. The van der Waals surface area contributed by atoms with E-state index < -0.39 is 5.41 Å². The summed E-state index contributed by atoms with van der Waals surface area (Å²) in [5.41, 5.74) is 11.5. The van der Waals surface area contributed by atoms with Crippen LogP contribution in [-0.2, 0) is 10.2 Å². The first-order chi connectivity index (χ1) is 8.37. The normalized spacial score (nSPS) is 12.9. The Bertz CT molecular complexity index is 482. The standard InChI is InChI=1S/C13H18N4O/c1-9(15)17-12(18)13(2,3)10-4-5-11(6-7-14)16-8-10/h4-8H,14H2,1-3H3,(H2,15,17,18)/b7-6-. The second-order valence-corrected chi connectivity index (χ2v) is 4.51. The first kappa shape index (κ1) is 13.9. The van der Waals surface area contributed by atoms with Gasteiger partial charge < -0.3 is 11.5 Å². The van der Waals surface area contributed by atoms with Gasteiger partial charge in [-0.25, -0.2) is 4.99 Å². The molecule has 1 rings (SSSR count). The highest BCUT2D eigenvalue weighted by Crippen LogP contribution is 2.24. The van der Waals surface area contributed by atoms with Crippen LogP contribution in [0, 0.1) is 0 Å². The number of nitrogens with zero attached hydrogens (tertiary/aromatic N) is 2. The van der Waals surface area contributed by atoms with Gasteiger partial charge in [-0.2, -0.15) is 0 Å². The molecule has 0 aliphatic carbocycles. The maximum atomic E-state index is 12.0. The molecule has 1 aromatic heterocycles. The van der Waals surface area contributed by atoms with E-state index in [4.69, 9.17) is 11.5 Å². The highest BCUT2D eigenvalue weighted by atomic mass is 16.1. The van der Waals surface area contributed by atoms with E-state index >= 15 is 0 Å². The smallest absolute Gasteiger partial charge is 0.257 e. The number of rotatable bonds is 3. The highest BCUT2D eigenvalue weighted by molar-refractivity contribution is 5.97. The van der Waals surface area contributed by atoms with Crippen molar-refractivity contribution in [2.45, 2.75) is 26.2 Å². The van der Waals surface area contributed by atoms with E-state index in [1.54, 1.807) is 39.1 Å². The van der Waals surface area contributed by atoms with Gasteiger partial charge in [0.25, 0.3) is 5.91 Å². The maximum Gasteiger partial charge on any atom is 0.257 e. The van der Waals surface area contributed by atoms with E-state index in [1.807, 2.05) is 6.07 Å². The van der Waals surface area contributed by atoms with Gasteiger partial charge in [-0.1, -0.05) is 6.07 Å². The van der Waals surface area contributed by atoms with Crippen LogP contribution in [0.2, 0.25) is 0 Å². The van der Waals surface area contributed by atoms with Crippen molar-refractivity contribution in [3.8, 4) is 0 Å². The average Bonchev–Trinajstić information content (AvgIpc) is 2.29. The van der Waals surface area contributed by atoms with Gasteiger partial charge in [-0.3, -0.25) is 9.78 Å². The third kappa shape index (κ3) is 3.16. The minimum Gasteiger partial charge on any atom is -0.405 e. The summed E-state index contributed by atoms with van der Waals surface area (Å²) in [6.07, 6.45) is 4.75. The van der Waals surface area contributed by atoms with Gasteiger partial charge in [0.05, 0.1) is 16.9 Å². The minimum absolute atomic E-state index is 0.253. The molecular weight excluding hydrogens is 228 g/mol. The lowest BCUT2D eigenvalue weighted by Gasteiger charge is -2.20. The molecule has 4 N–H and O–H groups in total. The molecule has 0 aliphatic heterocycles. The van der Waals surface area contributed by atoms with Gasteiger partial charge in [0.2, 0.25) is 0 Å². The van der Waals surface area contributed by atoms with Crippen LogP contribution >= 0.6 is 0 Å². The summed E-state index contributed by atoms with van der Waals surface area (Å²) in [6, 6.07) is 3.63. The average molecular weight is 246 g/mol. The summed E-state index contributed by atoms with van der Waals surface area (Å²) in [4.78, 5) is 19.9. The number of hydrogen-bond donors (Lipinski definition) is 2. The van der Waals surface area contributed by atoms with Crippen molar-refractivity contribution in [2.24, 2.45) is 16.5 Å². The Morgan fingerprint density at radius 3 is 2.56 bits per heavy atom. The fourth-order valence-corrected chi connectivity index (χ4v) is 1.40. The van der Waals surface area contributed by atoms with Crippen molar-refractivity contribution >= 4 is 17.8 Å². The summed E-state index contributed by atoms with van der Waals surface area (Å²) >= 11 is 0. The molecule has 18 heavy (non-hydrogen) atoms. The predicted molar refractivity (Wildman–Crippen MR) is 72.8 cm³/mol. The zero-order valence-corrected chi connectivity index (χ0v) is 10.8. The number of pyridine rings is 1. The molecule has 0 radical (unpaired) electrons. The lowest BCUT2D eigenvalue weighted by molar-refractivity contribution is -0.122. The molecule has 1 aromatic rings. The number of amides is 1. The van der Waals surface area contributed by atoms with Crippen molar-refractivity contribution in [2.75, 3.05) is 0 Å². The molecule has 0 unspecified atom stereocenters. The van der Waals surface area contributed by atoms with Crippen molar-refractivity contribution in [1.29, 1.82) is 0 Å². The Balaban J connectivity index is 3.05. The van der Waals surface area contributed by atoms with E-state index in [0.29, 0.717) is 0 Å². The first-order valence-corrected chi connectivity index (χ1v) is 5.58. The molecule has 0 bridgehead atoms. The lowest BCUT2D eigenvalue weighted by Crippen LogP contribution is -2.29. The Morgan fingerprint density at radius 2 is 2.11 bits per heavy atom. The van der Waals surface area contributed by atoms with E-state index in [1.165, 1.54) is 6.20 Å². The first-order valence-electron chi connectivity index (χ1n) is 5.58. The minimum atomic E-state index is -0.751. The van der Waals surface area contributed by atoms with Crippen LogP contribution in [0.1, 0.15) is 32.0 Å². The van der Waals surface area contributed by atoms with Crippen LogP contribution in [0.4, 0.5) is 0 Å². The molecule has 0 fully saturated rings. The fraction of sp³-hybridized carbons (Fsp3) is 0.308. The van der Waals surface area contributed by atoms with Crippen molar-refractivity contribution < 1.29 is 4.79 Å². The quantitative estimate of drug-likeness (QED) is 0.618. The fourth-order valence-electron chi connectivity index (χ4n) is 1.40. The summed E-state index contributed by atoms with van der Waals surface area (Å²) in [5, 5.41) is 0. The number of hydrogen-bond acceptors (Lipinski definition) is 3. The van der Waals surface area contributed by atoms with E-state index in [0.717, 1.165) is 11.3 Å². The topological polar surface area (TPSA) is 94.4 Å². The maximum absolute atomic E-state index is 12.0. The van der Waals surface area contributed by atoms with Gasteiger partial charge in [-0.05, 0) is 44.7 Å². The van der Waals surface area contributed by atoms with Gasteiger partial charge in [0, 0.05) is 6.20 Å². The van der Waals surface area contributed by atoms with Gasteiger partial charge in [-0.15, -0.1) is 0 Å². The molecule has 0 saturated heterocycles. The van der Waals surface area contributed by atoms with Crippen LogP contribution < -0.4 is 11.5 Å². The van der Waals surface area contributed by atoms with E-state index in [2.05, 4.69) is 9.98 Å². The van der Waals surface area contributed by atoms with Gasteiger partial charge in [0.1, 0.15) is 0 Å². The number of amidine groups is 1. The molecule has 1 heterocycles. The van der Waals surface area contributed by atoms with Crippen molar-refractivity contribution in [1.82, 2.24) is 4.98 Å². The summed E-state index contributed by atoms with van der Waals surface area (Å²) < 4.78 is 0. The Kier molecular flexibility index (Phi) is 4.20. The second-order valence-electron chi connectivity index (χ2n) is 4.51. The molecule has 1 amide bonds. The van der Waals surface area contributed by atoms with Crippen LogP contribution in [0.25, 0.3) is 6.08 Å². The number of nitrogens with two attached hydrogens (primary N) is 2. The number of aromatic nitrogens is 1. The van der Waals surface area contributed by atoms with Crippen molar-refractivity contribution in [3.05, 3.63) is 35.8 Å². The molecule has 5 nitrogen and oxygen atoms in total. The summed E-state index contributed by atoms with van der Waals surface area (Å²) in [6.45, 7) is 5.16. The van der Waals surface area contributed by atoms with Gasteiger partial charge in [0.15, 0.2) is 0 Å². The number of aliphatic imine (C=N–C) groups is 1. The zero-order valence-electron chi connectivity index (χ0n) is 10.8. The van der Waals surface area contributed by atoms with Crippen LogP contribution in [0.5, 0.6) is 0 Å². The highest BCUT2D eigenvalue weighted by Gasteiger charge is 2.29. The van der Waals surface area contributed by atoms with Crippen molar-refractivity contribution in [3.63, 3.8) is 0 Å². The second kappa shape index (κ2) is 5.44. The molecule has 5 heteroatoms. The molecule has 0 atom stereocenters. The Labute approximate surface area is 107 Å². The number of carbonyl (C=O) groups excluding carboxylic acids is 1. The van der Waals surface area contributed by atoms with Crippen LogP contribution in [0.15, 0.2) is 29.5 Å².